The molecule has 0 heterocycles. The molecule has 0 saturated carbocycles. The minimum atomic E-state index is -1.00. The highest BCUT2D eigenvalue weighted by molar-refractivity contribution is 5.68. The molecule has 1 N–H and O–H groups in total. The Hall–Kier alpha value is -1.71. The first-order chi connectivity index (χ1) is 6.65. The number of para-hydroxylation sites is 1. The van der Waals surface area contributed by atoms with Crippen molar-refractivity contribution in [1.82, 2.24) is 0 Å². The van der Waals surface area contributed by atoms with Crippen LogP contribution in [0, 0.1) is 6.92 Å². The maximum Gasteiger partial charge on any atom is 0.341 e. The molecule has 1 aromatic carbocycles. The number of hydrogen-bond donors (Lipinski definition) is 1. The van der Waals surface area contributed by atoms with Crippen molar-refractivity contribution in [3.05, 3.63) is 23.8 Å². The molecule has 0 radical (unpaired) electrons. The summed E-state index contributed by atoms with van der Waals surface area (Å²) in [5.74, 6) is 0.0268. The van der Waals surface area contributed by atoms with Crippen molar-refractivity contribution in [1.29, 1.82) is 0 Å². The van der Waals surface area contributed by atoms with Crippen molar-refractivity contribution in [2.45, 2.75) is 6.92 Å². The summed E-state index contributed by atoms with van der Waals surface area (Å²) in [7, 11) is 1.52. The average molecular weight is 196 g/mol. The lowest BCUT2D eigenvalue weighted by Crippen LogP contribution is -2.10. The number of ether oxygens (including phenoxy) is 2. The van der Waals surface area contributed by atoms with E-state index in [-0.39, 0.29) is 6.61 Å². The smallest absolute Gasteiger partial charge is 0.341 e. The average Bonchev–Trinajstić information content (AvgIpc) is 2.15. The normalized spacial score (nSPS) is 9.57. The molecule has 4 nitrogen and oxygen atoms in total. The first-order valence-electron chi connectivity index (χ1n) is 4.13. The Balaban J connectivity index is 2.87. The van der Waals surface area contributed by atoms with Crippen LogP contribution >= 0.6 is 0 Å². The number of aliphatic carboxylic acids is 1. The maximum atomic E-state index is 10.3. The molecule has 1 rings (SSSR count). The number of carboxylic acid groups (broad SMARTS) is 1. The predicted octanol–water partition coefficient (Wildman–Crippen LogP) is 1.47. The van der Waals surface area contributed by atoms with Gasteiger partial charge in [-0.2, -0.15) is 0 Å². The molecule has 0 atom stereocenters. The zero-order chi connectivity index (χ0) is 10.6. The van der Waals surface area contributed by atoms with Crippen LogP contribution in [0.2, 0.25) is 0 Å². The molecule has 0 aliphatic heterocycles. The van der Waals surface area contributed by atoms with Crippen molar-refractivity contribution in [2.75, 3.05) is 13.7 Å². The summed E-state index contributed by atoms with van der Waals surface area (Å²) in [6, 6.07) is 5.38. The molecule has 0 aromatic heterocycles. The topological polar surface area (TPSA) is 55.8 Å². The van der Waals surface area contributed by atoms with E-state index in [9.17, 15) is 4.79 Å². The zero-order valence-electron chi connectivity index (χ0n) is 8.11. The van der Waals surface area contributed by atoms with Gasteiger partial charge in [0, 0.05) is 0 Å². The van der Waals surface area contributed by atoms with Crippen LogP contribution in [0.15, 0.2) is 18.2 Å². The molecule has 14 heavy (non-hydrogen) atoms. The van der Waals surface area contributed by atoms with Gasteiger partial charge in [-0.15, -0.1) is 0 Å². The van der Waals surface area contributed by atoms with Crippen LogP contribution in [0.5, 0.6) is 11.5 Å². The third kappa shape index (κ3) is 2.39. The first-order valence-corrected chi connectivity index (χ1v) is 4.13. The molecular weight excluding hydrogens is 184 g/mol. The molecule has 0 aliphatic carbocycles. The Labute approximate surface area is 82.1 Å². The summed E-state index contributed by atoms with van der Waals surface area (Å²) in [6.45, 7) is 1.47. The molecule has 0 fully saturated rings. The van der Waals surface area contributed by atoms with Gasteiger partial charge in [-0.3, -0.25) is 0 Å². The largest absolute Gasteiger partial charge is 0.493 e. The van der Waals surface area contributed by atoms with Crippen LogP contribution in [0.4, 0.5) is 0 Å². The first kappa shape index (κ1) is 10.4. The highest BCUT2D eigenvalue weighted by Crippen LogP contribution is 2.30. The van der Waals surface area contributed by atoms with Crippen molar-refractivity contribution < 1.29 is 19.4 Å². The van der Waals surface area contributed by atoms with Crippen LogP contribution < -0.4 is 9.47 Å². The maximum absolute atomic E-state index is 10.3. The van der Waals surface area contributed by atoms with Crippen LogP contribution in [-0.2, 0) is 4.79 Å². The molecular formula is C10H12O4. The van der Waals surface area contributed by atoms with E-state index in [2.05, 4.69) is 0 Å². The second-order valence-electron chi connectivity index (χ2n) is 2.79. The lowest BCUT2D eigenvalue weighted by atomic mass is 10.2. The van der Waals surface area contributed by atoms with E-state index < -0.39 is 5.97 Å². The molecule has 76 valence electrons. The SMILES string of the molecule is COc1cccc(C)c1OCC(=O)O. The van der Waals surface area contributed by atoms with E-state index in [1.165, 1.54) is 7.11 Å². The van der Waals surface area contributed by atoms with Crippen LogP contribution in [-0.4, -0.2) is 24.8 Å². The Morgan fingerprint density at radius 3 is 2.79 bits per heavy atom. The Bertz CT molecular complexity index is 333. The monoisotopic (exact) mass is 196 g/mol. The van der Waals surface area contributed by atoms with Gasteiger partial charge in [-0.1, -0.05) is 12.1 Å². The number of rotatable bonds is 4. The number of hydrogen-bond acceptors (Lipinski definition) is 3. The number of carboxylic acids is 1. The van der Waals surface area contributed by atoms with Crippen molar-refractivity contribution in [3.8, 4) is 11.5 Å². The summed E-state index contributed by atoms with van der Waals surface area (Å²) in [5.41, 5.74) is 0.852. The molecule has 0 spiro atoms. The van der Waals surface area contributed by atoms with Crippen LogP contribution in [0.1, 0.15) is 5.56 Å². The second-order valence-corrected chi connectivity index (χ2v) is 2.79. The molecule has 4 heteroatoms. The molecule has 0 unspecified atom stereocenters. The zero-order valence-corrected chi connectivity index (χ0v) is 8.11. The summed E-state index contributed by atoms with van der Waals surface area (Å²) in [6.07, 6.45) is 0. The van der Waals surface area contributed by atoms with E-state index in [1.54, 1.807) is 6.07 Å². The summed E-state index contributed by atoms with van der Waals surface area (Å²) in [4.78, 5) is 10.3. The van der Waals surface area contributed by atoms with E-state index >= 15 is 0 Å². The third-order valence-electron chi connectivity index (χ3n) is 1.74. The van der Waals surface area contributed by atoms with Gasteiger partial charge < -0.3 is 14.6 Å². The van der Waals surface area contributed by atoms with E-state index in [4.69, 9.17) is 14.6 Å². The summed E-state index contributed by atoms with van der Waals surface area (Å²) in [5, 5.41) is 8.46. The van der Waals surface area contributed by atoms with Crippen molar-refractivity contribution >= 4 is 5.97 Å². The van der Waals surface area contributed by atoms with Gasteiger partial charge in [-0.25, -0.2) is 4.79 Å². The van der Waals surface area contributed by atoms with Crippen molar-refractivity contribution in [2.24, 2.45) is 0 Å². The fourth-order valence-corrected chi connectivity index (χ4v) is 1.11. The van der Waals surface area contributed by atoms with Gasteiger partial charge in [0.1, 0.15) is 0 Å². The number of aryl methyl sites for hydroxylation is 1. The standard InChI is InChI=1S/C10H12O4/c1-7-4-3-5-8(13-2)10(7)14-6-9(11)12/h3-5H,6H2,1-2H3,(H,11,12). The fraction of sp³-hybridized carbons (Fsp3) is 0.300. The van der Waals surface area contributed by atoms with Crippen LogP contribution in [0.25, 0.3) is 0 Å². The summed E-state index contributed by atoms with van der Waals surface area (Å²) < 4.78 is 10.1. The highest BCUT2D eigenvalue weighted by atomic mass is 16.5. The minimum Gasteiger partial charge on any atom is -0.493 e. The lowest BCUT2D eigenvalue weighted by molar-refractivity contribution is -0.139. The van der Waals surface area contributed by atoms with Gasteiger partial charge in [0.05, 0.1) is 7.11 Å². The van der Waals surface area contributed by atoms with Gasteiger partial charge in [0.25, 0.3) is 0 Å². The van der Waals surface area contributed by atoms with E-state index in [0.29, 0.717) is 11.5 Å². The molecule has 1 aromatic rings. The Morgan fingerprint density at radius 2 is 2.21 bits per heavy atom. The van der Waals surface area contributed by atoms with Crippen molar-refractivity contribution in [3.63, 3.8) is 0 Å². The van der Waals surface area contributed by atoms with Gasteiger partial charge in [0.2, 0.25) is 0 Å². The fourth-order valence-electron chi connectivity index (χ4n) is 1.11. The quantitative estimate of drug-likeness (QED) is 0.792. The Morgan fingerprint density at radius 1 is 1.50 bits per heavy atom. The number of methoxy groups -OCH3 is 1. The molecule has 0 bridgehead atoms. The van der Waals surface area contributed by atoms with Gasteiger partial charge in [0.15, 0.2) is 18.1 Å². The van der Waals surface area contributed by atoms with E-state index in [1.807, 2.05) is 19.1 Å². The second kappa shape index (κ2) is 4.50. The lowest BCUT2D eigenvalue weighted by Gasteiger charge is -2.10. The summed E-state index contributed by atoms with van der Waals surface area (Å²) >= 11 is 0. The minimum absolute atomic E-state index is 0.360. The Kier molecular flexibility index (Phi) is 3.34. The number of benzene rings is 1. The van der Waals surface area contributed by atoms with Gasteiger partial charge in [-0.05, 0) is 18.6 Å². The third-order valence-corrected chi connectivity index (χ3v) is 1.74. The van der Waals surface area contributed by atoms with E-state index in [0.717, 1.165) is 5.56 Å². The highest BCUT2D eigenvalue weighted by Gasteiger charge is 2.08. The molecule has 0 amide bonds. The predicted molar refractivity (Wildman–Crippen MR) is 50.9 cm³/mol. The number of carbonyl (C=O) groups is 1. The van der Waals surface area contributed by atoms with Gasteiger partial charge >= 0.3 is 5.97 Å². The molecule has 0 saturated heterocycles. The van der Waals surface area contributed by atoms with Crippen LogP contribution in [0.3, 0.4) is 0 Å². The molecule has 0 aliphatic rings.